The summed E-state index contributed by atoms with van der Waals surface area (Å²) in [7, 11) is -4.24. The van der Waals surface area contributed by atoms with Crippen molar-refractivity contribution in [3.63, 3.8) is 0 Å². The zero-order chi connectivity index (χ0) is 19.8. The van der Waals surface area contributed by atoms with E-state index >= 15 is 0 Å². The Morgan fingerprint density at radius 3 is 2.08 bits per heavy atom. The highest BCUT2D eigenvalue weighted by Gasteiger charge is 2.48. The van der Waals surface area contributed by atoms with Crippen LogP contribution >= 0.6 is 7.60 Å². The summed E-state index contributed by atoms with van der Waals surface area (Å²) in [6.45, 7) is 8.09. The van der Waals surface area contributed by atoms with Crippen LogP contribution in [0.5, 0.6) is 5.75 Å². The lowest BCUT2D eigenvalue weighted by atomic mass is 9.84. The number of nitrogens with one attached hydrogen (secondary N) is 1. The van der Waals surface area contributed by atoms with Gasteiger partial charge in [0.2, 0.25) is 0 Å². The summed E-state index contributed by atoms with van der Waals surface area (Å²) in [4.78, 5) is 19.8. The van der Waals surface area contributed by atoms with Crippen molar-refractivity contribution in [1.82, 2.24) is 0 Å². The number of aliphatic hydroxyl groups is 1. The van der Waals surface area contributed by atoms with Gasteiger partial charge in [0.1, 0.15) is 11.0 Å². The molecule has 0 saturated heterocycles. The zero-order valence-corrected chi connectivity index (χ0v) is 17.2. The predicted octanol–water partition coefficient (Wildman–Crippen LogP) is 4.36. The average molecular weight is 387 g/mol. The molecule has 2 rings (SSSR count). The molecule has 0 heterocycles. The fourth-order valence-corrected chi connectivity index (χ4v) is 4.24. The van der Waals surface area contributed by atoms with Gasteiger partial charge in [-0.05, 0) is 76.6 Å². The van der Waals surface area contributed by atoms with Crippen LogP contribution in [-0.2, 0) is 4.57 Å². The number of rotatable bonds is 6. The number of hydrogen-bond donors (Lipinski definition) is 4. The maximum atomic E-state index is 12.1. The second-order valence-corrected chi connectivity index (χ2v) is 9.05. The summed E-state index contributed by atoms with van der Waals surface area (Å²) in [6.07, 6.45) is 3.61. The van der Waals surface area contributed by atoms with Crippen molar-refractivity contribution in [3.05, 3.63) is 24.3 Å². The molecule has 6 nitrogen and oxygen atoms in total. The van der Waals surface area contributed by atoms with E-state index in [9.17, 15) is 14.4 Å². The third-order valence-corrected chi connectivity index (χ3v) is 6.28. The monoisotopic (exact) mass is 387 g/mol. The topological polar surface area (TPSA) is 99.0 Å². The molecule has 1 aliphatic rings. The van der Waals surface area contributed by atoms with Crippen molar-refractivity contribution in [2.75, 3.05) is 11.9 Å². The molecule has 1 aromatic rings. The van der Waals surface area contributed by atoms with Gasteiger partial charge in [-0.3, -0.25) is 4.57 Å². The van der Waals surface area contributed by atoms with Crippen LogP contribution in [0, 0.1) is 5.92 Å². The normalized spacial score (nSPS) is 23.2. The van der Waals surface area contributed by atoms with Crippen LogP contribution in [0.1, 0.15) is 59.8 Å². The summed E-state index contributed by atoms with van der Waals surface area (Å²) in [5, 5.41) is 10.1. The lowest BCUT2D eigenvalue weighted by Gasteiger charge is -2.41. The van der Waals surface area contributed by atoms with Crippen LogP contribution in [0.15, 0.2) is 24.3 Å². The SMILES string of the molecule is CC(C)O.CCOc1ccc(NC2(P(=O)(O)O)CCC(CC)CC2)cc1. The maximum Gasteiger partial charge on any atom is 0.350 e. The van der Waals surface area contributed by atoms with Gasteiger partial charge >= 0.3 is 7.60 Å². The van der Waals surface area contributed by atoms with Gasteiger partial charge in [0.25, 0.3) is 0 Å². The molecule has 0 aliphatic heterocycles. The minimum absolute atomic E-state index is 0.167. The molecule has 1 aliphatic carbocycles. The largest absolute Gasteiger partial charge is 0.494 e. The standard InChI is InChI=1S/C16H26NO4P.C3H8O/c1-3-13-9-11-16(12-10-13,22(18,19)20)17-14-5-7-15(8-6-14)21-4-2;1-3(2)4/h5-8,13,17H,3-4,9-12H2,1-2H3,(H2,18,19,20);3-4H,1-2H3. The molecule has 0 amide bonds. The fourth-order valence-electron chi connectivity index (χ4n) is 3.12. The number of ether oxygens (including phenoxy) is 1. The van der Waals surface area contributed by atoms with Crippen LogP contribution in [0.4, 0.5) is 5.69 Å². The second kappa shape index (κ2) is 10.3. The Hall–Kier alpha value is -1.07. The van der Waals surface area contributed by atoms with E-state index in [2.05, 4.69) is 12.2 Å². The minimum Gasteiger partial charge on any atom is -0.494 e. The molecule has 26 heavy (non-hydrogen) atoms. The van der Waals surface area contributed by atoms with Gasteiger partial charge in [-0.15, -0.1) is 0 Å². The van der Waals surface area contributed by atoms with E-state index in [1.165, 1.54) is 0 Å². The first-order valence-corrected chi connectivity index (χ1v) is 11.0. The van der Waals surface area contributed by atoms with Gasteiger partial charge in [0.15, 0.2) is 0 Å². The van der Waals surface area contributed by atoms with Gasteiger partial charge in [-0.2, -0.15) is 0 Å². The van der Waals surface area contributed by atoms with Crippen LogP contribution in [0.2, 0.25) is 0 Å². The Kier molecular flexibility index (Phi) is 9.11. The molecule has 0 spiro atoms. The van der Waals surface area contributed by atoms with Crippen molar-refractivity contribution < 1.29 is 24.2 Å². The molecule has 0 radical (unpaired) electrons. The molecule has 7 heteroatoms. The van der Waals surface area contributed by atoms with E-state index in [0.29, 0.717) is 25.4 Å². The van der Waals surface area contributed by atoms with Crippen LogP contribution in [0.25, 0.3) is 0 Å². The van der Waals surface area contributed by atoms with Crippen LogP contribution in [0.3, 0.4) is 0 Å². The highest BCUT2D eigenvalue weighted by molar-refractivity contribution is 7.53. The Labute approximate surface area is 157 Å². The van der Waals surface area contributed by atoms with Gasteiger partial charge in [-0.25, -0.2) is 0 Å². The van der Waals surface area contributed by atoms with Crippen molar-refractivity contribution in [2.45, 2.75) is 71.2 Å². The van der Waals surface area contributed by atoms with Crippen LogP contribution in [-0.4, -0.2) is 32.9 Å². The Balaban J connectivity index is 0.000000765. The molecule has 0 bridgehead atoms. The highest BCUT2D eigenvalue weighted by Crippen LogP contribution is 2.58. The summed E-state index contributed by atoms with van der Waals surface area (Å²) in [5.41, 5.74) is 0.724. The van der Waals surface area contributed by atoms with Crippen molar-refractivity contribution in [2.24, 2.45) is 5.92 Å². The van der Waals surface area contributed by atoms with E-state index in [0.717, 1.165) is 30.7 Å². The van der Waals surface area contributed by atoms with Gasteiger partial charge in [-0.1, -0.05) is 13.3 Å². The van der Waals surface area contributed by atoms with E-state index in [1.54, 1.807) is 13.8 Å². The smallest absolute Gasteiger partial charge is 0.350 e. The van der Waals surface area contributed by atoms with E-state index < -0.39 is 12.9 Å². The first-order valence-electron chi connectivity index (χ1n) is 9.38. The van der Waals surface area contributed by atoms with E-state index in [4.69, 9.17) is 9.84 Å². The Bertz CT molecular complexity index is 559. The van der Waals surface area contributed by atoms with E-state index in [1.807, 2.05) is 31.2 Å². The predicted molar refractivity (Wildman–Crippen MR) is 106 cm³/mol. The molecule has 1 saturated carbocycles. The summed E-state index contributed by atoms with van der Waals surface area (Å²) >= 11 is 0. The van der Waals surface area contributed by atoms with Gasteiger partial charge in [0.05, 0.1) is 6.61 Å². The van der Waals surface area contributed by atoms with Gasteiger partial charge in [0, 0.05) is 11.8 Å². The quantitative estimate of drug-likeness (QED) is 0.542. The highest BCUT2D eigenvalue weighted by atomic mass is 31.2. The minimum atomic E-state index is -4.24. The van der Waals surface area contributed by atoms with Crippen molar-refractivity contribution >= 4 is 13.3 Å². The first kappa shape index (κ1) is 23.0. The molecule has 0 aromatic heterocycles. The summed E-state index contributed by atoms with van der Waals surface area (Å²) in [6, 6.07) is 7.26. The third kappa shape index (κ3) is 6.92. The molecule has 1 fully saturated rings. The third-order valence-electron chi connectivity index (χ3n) is 4.61. The lowest BCUT2D eigenvalue weighted by Crippen LogP contribution is -2.41. The van der Waals surface area contributed by atoms with Gasteiger partial charge < -0.3 is 24.9 Å². The fraction of sp³-hybridized carbons (Fsp3) is 0.684. The molecule has 0 unspecified atom stereocenters. The number of hydrogen-bond acceptors (Lipinski definition) is 4. The Morgan fingerprint density at radius 2 is 1.69 bits per heavy atom. The molecular formula is C19H34NO5P. The number of aliphatic hydroxyl groups excluding tert-OH is 1. The molecule has 0 atom stereocenters. The average Bonchev–Trinajstić information content (AvgIpc) is 2.56. The molecule has 1 aromatic carbocycles. The first-order chi connectivity index (χ1) is 12.1. The second-order valence-electron chi connectivity index (χ2n) is 7.10. The number of anilines is 1. The summed E-state index contributed by atoms with van der Waals surface area (Å²) < 4.78 is 17.5. The summed E-state index contributed by atoms with van der Waals surface area (Å²) in [5.74, 6) is 1.33. The zero-order valence-electron chi connectivity index (χ0n) is 16.3. The molecular weight excluding hydrogens is 353 g/mol. The number of benzene rings is 1. The maximum absolute atomic E-state index is 12.1. The Morgan fingerprint density at radius 1 is 1.19 bits per heavy atom. The van der Waals surface area contributed by atoms with Crippen molar-refractivity contribution in [3.8, 4) is 5.75 Å². The van der Waals surface area contributed by atoms with E-state index in [-0.39, 0.29) is 6.10 Å². The molecule has 4 N–H and O–H groups in total. The van der Waals surface area contributed by atoms with Crippen molar-refractivity contribution in [1.29, 1.82) is 0 Å². The lowest BCUT2D eigenvalue weighted by molar-refractivity contribution is 0.216. The van der Waals surface area contributed by atoms with Crippen LogP contribution < -0.4 is 10.1 Å². The molecule has 150 valence electrons.